The van der Waals surface area contributed by atoms with Crippen molar-refractivity contribution in [3.63, 3.8) is 0 Å². The topological polar surface area (TPSA) is 87.0 Å². The average molecular weight is 433 g/mol. The van der Waals surface area contributed by atoms with Crippen LogP contribution in [0.25, 0.3) is 0 Å². The third kappa shape index (κ3) is 3.15. The quantitative estimate of drug-likeness (QED) is 0.315. The average Bonchev–Trinajstić information content (AvgIpc) is 2.68. The third-order valence-electron chi connectivity index (χ3n) is 6.03. The fourth-order valence-electron chi connectivity index (χ4n) is 4.96. The molecule has 0 radical (unpaired) electrons. The van der Waals surface area contributed by atoms with E-state index >= 15 is 0 Å². The van der Waals surface area contributed by atoms with Crippen LogP contribution in [0.1, 0.15) is 33.3 Å². The van der Waals surface area contributed by atoms with Crippen molar-refractivity contribution in [3.8, 4) is 0 Å². The third-order valence-corrected chi connectivity index (χ3v) is 6.58. The summed E-state index contributed by atoms with van der Waals surface area (Å²) in [6, 6.07) is 4.32. The Morgan fingerprint density at radius 1 is 1.17 bits per heavy atom. The molecule has 162 valence electrons. The number of nitro benzene ring substituents is 1. The maximum atomic E-state index is 13.7. The predicted octanol–water partition coefficient (Wildman–Crippen LogP) is 2.84. The first-order chi connectivity index (χ1) is 13.9. The first kappa shape index (κ1) is 22.1. The minimum absolute atomic E-state index is 0.0199. The van der Waals surface area contributed by atoms with E-state index in [2.05, 4.69) is 18.7 Å². The van der Waals surface area contributed by atoms with Gasteiger partial charge in [-0.15, -0.1) is 0 Å². The number of non-ortho nitro benzene ring substituents is 1. The molecule has 0 aliphatic carbocycles. The molecule has 2 heterocycles. The maximum absolute atomic E-state index is 13.7. The summed E-state index contributed by atoms with van der Waals surface area (Å²) in [4.78, 5) is 43.1. The van der Waals surface area contributed by atoms with Crippen molar-refractivity contribution in [2.75, 3.05) is 25.5 Å². The molecule has 3 rings (SSSR count). The number of fused-ring (bicyclic) bond motifs is 1. The maximum Gasteiger partial charge on any atom is 0.269 e. The van der Waals surface area contributed by atoms with Crippen molar-refractivity contribution in [3.05, 3.63) is 33.9 Å². The summed E-state index contributed by atoms with van der Waals surface area (Å²) < 4.78 is 0. The molecule has 1 aromatic carbocycles. The normalized spacial score (nSPS) is 21.1. The lowest BCUT2D eigenvalue weighted by Crippen LogP contribution is -2.72. The van der Waals surface area contributed by atoms with Gasteiger partial charge in [0, 0.05) is 44.9 Å². The summed E-state index contributed by atoms with van der Waals surface area (Å²) in [5, 5.41) is 11.6. The van der Waals surface area contributed by atoms with Crippen LogP contribution < -0.4 is 4.90 Å². The minimum Gasteiger partial charge on any atom is -0.366 e. The Balaban J connectivity index is 2.31. The Hall–Kier alpha value is -2.55. The summed E-state index contributed by atoms with van der Waals surface area (Å²) in [6.45, 7) is 8.77. The molecule has 1 fully saturated rings. The molecular weight excluding hydrogens is 404 g/mol. The van der Waals surface area contributed by atoms with E-state index in [0.29, 0.717) is 12.1 Å². The van der Waals surface area contributed by atoms with E-state index in [1.807, 2.05) is 13.8 Å². The highest BCUT2D eigenvalue weighted by atomic mass is 32.1. The largest absolute Gasteiger partial charge is 0.366 e. The molecular formula is C21H28N4O4S. The highest BCUT2D eigenvalue weighted by Crippen LogP contribution is 2.48. The highest BCUT2D eigenvalue weighted by molar-refractivity contribution is 7.80. The first-order valence-electron chi connectivity index (χ1n) is 10.1. The molecule has 0 saturated carbocycles. The molecule has 1 aromatic rings. The zero-order valence-corrected chi connectivity index (χ0v) is 19.0. The van der Waals surface area contributed by atoms with Crippen LogP contribution in [-0.4, -0.2) is 58.3 Å². The zero-order chi connectivity index (χ0) is 22.5. The Kier molecular flexibility index (Phi) is 5.62. The second-order valence-corrected chi connectivity index (χ2v) is 9.33. The Labute approximate surface area is 182 Å². The number of thiocarbonyl (C=S) groups is 1. The van der Waals surface area contributed by atoms with Gasteiger partial charge in [-0.05, 0) is 35.7 Å². The highest BCUT2D eigenvalue weighted by Gasteiger charge is 2.63. The van der Waals surface area contributed by atoms with Crippen LogP contribution >= 0.6 is 12.2 Å². The second-order valence-electron chi connectivity index (χ2n) is 8.96. The molecule has 8 nitrogen and oxygen atoms in total. The Morgan fingerprint density at radius 3 is 2.20 bits per heavy atom. The molecule has 2 amide bonds. The van der Waals surface area contributed by atoms with Gasteiger partial charge in [0.2, 0.25) is 11.8 Å². The van der Waals surface area contributed by atoms with Crippen molar-refractivity contribution < 1.29 is 14.5 Å². The summed E-state index contributed by atoms with van der Waals surface area (Å²) in [5.74, 6) is -0.455. The molecule has 2 aliphatic rings. The Bertz CT molecular complexity index is 906. The van der Waals surface area contributed by atoms with Gasteiger partial charge in [-0.2, -0.15) is 0 Å². The van der Waals surface area contributed by atoms with E-state index in [9.17, 15) is 19.7 Å². The first-order valence-corrected chi connectivity index (χ1v) is 10.5. The van der Waals surface area contributed by atoms with Gasteiger partial charge in [-0.1, -0.05) is 27.7 Å². The standard InChI is InChI=1S/C21H28N4O4S/c1-12(2)11-24-16-8-7-15(25(28)29)9-14(16)10-21(17(24)13(3)4)18(26)22(5)20(30)23(6)19(21)27/h7-9,12-13,17H,10-11H2,1-6H3. The lowest BCUT2D eigenvalue weighted by atomic mass is 9.65. The molecule has 1 atom stereocenters. The smallest absolute Gasteiger partial charge is 0.269 e. The summed E-state index contributed by atoms with van der Waals surface area (Å²) in [5.41, 5.74) is 0.0389. The summed E-state index contributed by atoms with van der Waals surface area (Å²) in [7, 11) is 3.17. The number of hydrogen-bond donors (Lipinski definition) is 0. The predicted molar refractivity (Wildman–Crippen MR) is 118 cm³/mol. The van der Waals surface area contributed by atoms with E-state index in [-0.39, 0.29) is 40.9 Å². The van der Waals surface area contributed by atoms with E-state index in [4.69, 9.17) is 12.2 Å². The number of carbonyl (C=O) groups excluding carboxylic acids is 2. The van der Waals surface area contributed by atoms with E-state index < -0.39 is 16.4 Å². The van der Waals surface area contributed by atoms with Crippen LogP contribution in [-0.2, 0) is 16.0 Å². The molecule has 0 aromatic heterocycles. The zero-order valence-electron chi connectivity index (χ0n) is 18.2. The van der Waals surface area contributed by atoms with Crippen LogP contribution in [0.5, 0.6) is 0 Å². The molecule has 0 N–H and O–H groups in total. The molecule has 2 aliphatic heterocycles. The summed E-state index contributed by atoms with van der Waals surface area (Å²) >= 11 is 5.30. The SMILES string of the molecule is CC(C)CN1c2ccc([N+](=O)[O-])cc2CC2(C(=O)N(C)C(=S)N(C)C2=O)C1C(C)C. The van der Waals surface area contributed by atoms with Gasteiger partial charge >= 0.3 is 0 Å². The monoisotopic (exact) mass is 432 g/mol. The number of hydrogen-bond acceptors (Lipinski definition) is 6. The van der Waals surface area contributed by atoms with Gasteiger partial charge < -0.3 is 4.90 Å². The molecule has 1 saturated heterocycles. The molecule has 9 heteroatoms. The van der Waals surface area contributed by atoms with Gasteiger partial charge in [0.1, 0.15) is 0 Å². The number of rotatable bonds is 4. The van der Waals surface area contributed by atoms with Crippen molar-refractivity contribution in [2.24, 2.45) is 17.3 Å². The van der Waals surface area contributed by atoms with Gasteiger partial charge in [-0.25, -0.2) is 0 Å². The fraction of sp³-hybridized carbons (Fsp3) is 0.571. The second kappa shape index (κ2) is 7.61. The van der Waals surface area contributed by atoms with Crippen molar-refractivity contribution in [1.29, 1.82) is 0 Å². The van der Waals surface area contributed by atoms with Crippen LogP contribution in [0.2, 0.25) is 0 Å². The number of anilines is 1. The van der Waals surface area contributed by atoms with Gasteiger partial charge in [0.15, 0.2) is 10.5 Å². The van der Waals surface area contributed by atoms with Crippen molar-refractivity contribution in [1.82, 2.24) is 9.80 Å². The van der Waals surface area contributed by atoms with E-state index in [1.165, 1.54) is 21.9 Å². The van der Waals surface area contributed by atoms with Crippen LogP contribution in [0.15, 0.2) is 18.2 Å². The number of benzene rings is 1. The minimum atomic E-state index is -1.39. The van der Waals surface area contributed by atoms with Crippen LogP contribution in [0.3, 0.4) is 0 Å². The van der Waals surface area contributed by atoms with Crippen LogP contribution in [0, 0.1) is 27.4 Å². The molecule has 1 unspecified atom stereocenters. The Morgan fingerprint density at radius 2 is 1.73 bits per heavy atom. The lowest BCUT2D eigenvalue weighted by molar-refractivity contribution is -0.384. The fourth-order valence-corrected chi connectivity index (χ4v) is 5.12. The number of nitrogens with zero attached hydrogens (tertiary/aromatic N) is 4. The van der Waals surface area contributed by atoms with Gasteiger partial charge in [0.05, 0.1) is 11.0 Å². The number of carbonyl (C=O) groups is 2. The van der Waals surface area contributed by atoms with E-state index in [0.717, 1.165) is 5.69 Å². The molecule has 30 heavy (non-hydrogen) atoms. The van der Waals surface area contributed by atoms with E-state index in [1.54, 1.807) is 20.2 Å². The van der Waals surface area contributed by atoms with Crippen molar-refractivity contribution >= 4 is 40.5 Å². The molecule has 0 bridgehead atoms. The number of amides is 2. The lowest BCUT2D eigenvalue weighted by Gasteiger charge is -2.55. The van der Waals surface area contributed by atoms with Gasteiger partial charge in [-0.3, -0.25) is 29.5 Å². The van der Waals surface area contributed by atoms with Crippen LogP contribution in [0.4, 0.5) is 11.4 Å². The molecule has 1 spiro atoms. The number of nitro groups is 1. The summed E-state index contributed by atoms with van der Waals surface area (Å²) in [6.07, 6.45) is 0.108. The van der Waals surface area contributed by atoms with Crippen molar-refractivity contribution in [2.45, 2.75) is 40.2 Å². The van der Waals surface area contributed by atoms with Gasteiger partial charge in [0.25, 0.3) is 5.69 Å².